The highest BCUT2D eigenvalue weighted by molar-refractivity contribution is 5.99. The van der Waals surface area contributed by atoms with E-state index in [2.05, 4.69) is 31.9 Å². The molecule has 0 spiro atoms. The molecule has 0 unspecified atom stereocenters. The molecule has 3 aliphatic heterocycles. The second-order valence-electron chi connectivity index (χ2n) is 12.4. The van der Waals surface area contributed by atoms with Crippen LogP contribution in [0.5, 0.6) is 11.5 Å². The highest BCUT2D eigenvalue weighted by atomic mass is 16.7. The lowest BCUT2D eigenvalue weighted by Crippen LogP contribution is -2.50. The van der Waals surface area contributed by atoms with E-state index < -0.39 is 5.79 Å². The molecule has 2 aromatic heterocycles. The molecule has 2 fully saturated rings. The van der Waals surface area contributed by atoms with Gasteiger partial charge in [-0.1, -0.05) is 6.92 Å². The Bertz CT molecular complexity index is 1610. The van der Waals surface area contributed by atoms with Crippen LogP contribution in [0.15, 0.2) is 35.3 Å². The van der Waals surface area contributed by atoms with Crippen molar-refractivity contribution in [1.29, 1.82) is 0 Å². The number of nitrogens with one attached hydrogen (secondary N) is 2. The third-order valence-corrected chi connectivity index (χ3v) is 9.10. The number of fused-ring (bicyclic) bond motifs is 1. The zero-order valence-corrected chi connectivity index (χ0v) is 27.0. The Hall–Kier alpha value is -3.93. The summed E-state index contributed by atoms with van der Waals surface area (Å²) in [6.07, 6.45) is 1.85. The minimum atomic E-state index is -0.938. The van der Waals surface area contributed by atoms with E-state index in [4.69, 9.17) is 19.2 Å². The predicted octanol–water partition coefficient (Wildman–Crippen LogP) is 3.25. The van der Waals surface area contributed by atoms with E-state index in [1.165, 1.54) is 0 Å². The van der Waals surface area contributed by atoms with Gasteiger partial charge < -0.3 is 34.3 Å². The van der Waals surface area contributed by atoms with Crippen molar-refractivity contribution in [3.05, 3.63) is 68.8 Å². The summed E-state index contributed by atoms with van der Waals surface area (Å²) in [6.45, 7) is 18.3. The fourth-order valence-corrected chi connectivity index (χ4v) is 6.48. The Morgan fingerprint density at radius 2 is 1.73 bits per heavy atom. The van der Waals surface area contributed by atoms with Crippen LogP contribution in [-0.2, 0) is 11.3 Å². The number of likely N-dealkylation sites (N-methyl/N-ethyl adjacent to an activating group) is 1. The van der Waals surface area contributed by atoms with E-state index in [-0.39, 0.29) is 18.0 Å². The highest BCUT2D eigenvalue weighted by Gasteiger charge is 2.42. The summed E-state index contributed by atoms with van der Waals surface area (Å²) in [5, 5.41) is 2.97. The number of pyridine rings is 2. The molecule has 2 N–H and O–H groups in total. The first kappa shape index (κ1) is 31.1. The van der Waals surface area contributed by atoms with Gasteiger partial charge in [0.05, 0.1) is 19.8 Å². The Morgan fingerprint density at radius 1 is 1.00 bits per heavy atom. The molecule has 0 radical (unpaired) electrons. The first-order chi connectivity index (χ1) is 21.6. The first-order valence-corrected chi connectivity index (χ1v) is 15.9. The molecule has 3 aromatic rings. The number of ether oxygens (including phenoxy) is 3. The summed E-state index contributed by atoms with van der Waals surface area (Å²) in [5.41, 5.74) is 4.68. The van der Waals surface area contributed by atoms with E-state index in [0.717, 1.165) is 74.0 Å². The molecule has 1 aromatic carbocycles. The van der Waals surface area contributed by atoms with Crippen molar-refractivity contribution < 1.29 is 19.0 Å². The molecule has 5 heterocycles. The van der Waals surface area contributed by atoms with Gasteiger partial charge in [0.2, 0.25) is 0 Å². The number of H-pyrrole nitrogens is 1. The van der Waals surface area contributed by atoms with Crippen LogP contribution in [0.4, 0.5) is 5.82 Å². The number of aromatic amines is 1. The van der Waals surface area contributed by atoms with Crippen LogP contribution >= 0.6 is 0 Å². The normalized spacial score (nSPS) is 20.4. The summed E-state index contributed by atoms with van der Waals surface area (Å²) < 4.78 is 18.7. The van der Waals surface area contributed by atoms with Gasteiger partial charge in [0, 0.05) is 92.4 Å². The van der Waals surface area contributed by atoms with E-state index >= 15 is 0 Å². The molecule has 1 amide bonds. The molecule has 2 saturated heterocycles. The van der Waals surface area contributed by atoms with Crippen LogP contribution in [-0.4, -0.2) is 97.0 Å². The number of carbonyl (C=O) groups is 1. The number of amides is 1. The molecule has 1 atom stereocenters. The molecular weight excluding hydrogens is 572 g/mol. The van der Waals surface area contributed by atoms with Gasteiger partial charge in [0.15, 0.2) is 11.5 Å². The minimum absolute atomic E-state index is 0.111. The van der Waals surface area contributed by atoms with Crippen molar-refractivity contribution in [2.45, 2.75) is 47.0 Å². The van der Waals surface area contributed by atoms with Crippen molar-refractivity contribution >= 4 is 11.7 Å². The number of morpholine rings is 1. The van der Waals surface area contributed by atoms with Crippen LogP contribution in [0.3, 0.4) is 0 Å². The van der Waals surface area contributed by atoms with Gasteiger partial charge in [-0.25, -0.2) is 4.98 Å². The predicted molar refractivity (Wildman–Crippen MR) is 173 cm³/mol. The Morgan fingerprint density at radius 3 is 2.40 bits per heavy atom. The fraction of sp³-hybridized carbons (Fsp3) is 0.500. The van der Waals surface area contributed by atoms with Crippen LogP contribution in [0.25, 0.3) is 11.1 Å². The van der Waals surface area contributed by atoms with Gasteiger partial charge in [0.1, 0.15) is 5.82 Å². The maximum absolute atomic E-state index is 13.7. The Kier molecular flexibility index (Phi) is 8.85. The van der Waals surface area contributed by atoms with Crippen LogP contribution in [0.2, 0.25) is 0 Å². The summed E-state index contributed by atoms with van der Waals surface area (Å²) in [5.74, 6) is 0.866. The first-order valence-electron chi connectivity index (χ1n) is 15.9. The van der Waals surface area contributed by atoms with Gasteiger partial charge in [-0.2, -0.15) is 0 Å². The average molecular weight is 617 g/mol. The molecule has 6 rings (SSSR count). The van der Waals surface area contributed by atoms with E-state index in [9.17, 15) is 9.59 Å². The number of aromatic nitrogens is 2. The van der Waals surface area contributed by atoms with E-state index in [1.807, 2.05) is 58.2 Å². The Labute approximate surface area is 264 Å². The molecule has 11 heteroatoms. The maximum Gasteiger partial charge on any atom is 0.261 e. The lowest BCUT2D eigenvalue weighted by Gasteiger charge is -2.34. The third kappa shape index (κ3) is 6.56. The summed E-state index contributed by atoms with van der Waals surface area (Å²) in [7, 11) is 0. The van der Waals surface area contributed by atoms with E-state index in [0.29, 0.717) is 47.9 Å². The van der Waals surface area contributed by atoms with Crippen molar-refractivity contribution in [3.63, 3.8) is 0 Å². The molecule has 45 heavy (non-hydrogen) atoms. The quantitative estimate of drug-likeness (QED) is 0.394. The van der Waals surface area contributed by atoms with Crippen molar-refractivity contribution in [2.24, 2.45) is 0 Å². The topological polar surface area (TPSA) is 112 Å². The number of nitrogens with zero attached hydrogens (tertiary/aromatic N) is 4. The number of hydrogen-bond donors (Lipinski definition) is 2. The average Bonchev–Trinajstić information content (AvgIpc) is 3.38. The lowest BCUT2D eigenvalue weighted by molar-refractivity contribution is -0.0973. The van der Waals surface area contributed by atoms with Crippen molar-refractivity contribution in [3.8, 4) is 22.6 Å². The third-order valence-electron chi connectivity index (χ3n) is 9.10. The largest absolute Gasteiger partial charge is 0.447 e. The van der Waals surface area contributed by atoms with Crippen molar-refractivity contribution in [1.82, 2.24) is 25.1 Å². The standard InChI is InChI=1S/C34H44N6O5/c1-6-38-9-11-40(12-10-38)29-8-7-25(19-35-29)27-18-26(32(41)36-20-28-22(2)17-23(3)37-33(28)42)24(4)30-31(27)45-34(5,44-30)21-39-13-15-43-16-14-39/h7-8,17-19H,6,9-16,20-21H2,1-5H3,(H,36,41)(H,37,42)/t34-/m1/s1. The minimum Gasteiger partial charge on any atom is -0.447 e. The molecule has 3 aliphatic rings. The fourth-order valence-electron chi connectivity index (χ4n) is 6.48. The van der Waals surface area contributed by atoms with Gasteiger partial charge in [-0.3, -0.25) is 14.5 Å². The SMILES string of the molecule is CCN1CCN(c2ccc(-c3cc(C(=O)NCc4c(C)cc(C)[nH]c4=O)c(C)c4c3O[C@](C)(CN3CCOCC3)O4)cn2)CC1. The van der Waals surface area contributed by atoms with Crippen LogP contribution in [0, 0.1) is 20.8 Å². The molecule has 0 aliphatic carbocycles. The zero-order chi connectivity index (χ0) is 31.7. The number of benzene rings is 1. The summed E-state index contributed by atoms with van der Waals surface area (Å²) in [4.78, 5) is 41.0. The molecule has 11 nitrogen and oxygen atoms in total. The monoisotopic (exact) mass is 616 g/mol. The number of rotatable bonds is 8. The highest BCUT2D eigenvalue weighted by Crippen LogP contribution is 2.49. The molecule has 0 bridgehead atoms. The smallest absolute Gasteiger partial charge is 0.261 e. The van der Waals surface area contributed by atoms with Gasteiger partial charge in [-0.05, 0) is 57.1 Å². The van der Waals surface area contributed by atoms with Gasteiger partial charge >= 0.3 is 0 Å². The number of anilines is 1. The number of aryl methyl sites for hydroxylation is 2. The summed E-state index contributed by atoms with van der Waals surface area (Å²) >= 11 is 0. The number of carbonyl (C=O) groups excluding carboxylic acids is 1. The van der Waals surface area contributed by atoms with Crippen LogP contribution < -0.4 is 25.2 Å². The van der Waals surface area contributed by atoms with Crippen LogP contribution in [0.1, 0.15) is 46.6 Å². The molecule has 0 saturated carbocycles. The lowest BCUT2D eigenvalue weighted by atomic mass is 9.97. The maximum atomic E-state index is 13.7. The molecular formula is C34H44N6O5. The summed E-state index contributed by atoms with van der Waals surface area (Å²) in [6, 6.07) is 7.84. The number of hydrogen-bond acceptors (Lipinski definition) is 9. The second kappa shape index (κ2) is 12.8. The van der Waals surface area contributed by atoms with Crippen molar-refractivity contribution in [2.75, 3.05) is 70.5 Å². The Balaban J connectivity index is 1.31. The van der Waals surface area contributed by atoms with E-state index in [1.54, 1.807) is 0 Å². The molecule has 240 valence electrons. The zero-order valence-electron chi connectivity index (χ0n) is 27.0. The van der Waals surface area contributed by atoms with Gasteiger partial charge in [-0.15, -0.1) is 0 Å². The van der Waals surface area contributed by atoms with Gasteiger partial charge in [0.25, 0.3) is 17.3 Å². The number of piperazine rings is 1. The second-order valence-corrected chi connectivity index (χ2v) is 12.4.